The van der Waals surface area contributed by atoms with Crippen LogP contribution in [0.25, 0.3) is 10.2 Å². The van der Waals surface area contributed by atoms with E-state index in [1.54, 1.807) is 6.07 Å². The molecule has 0 saturated carbocycles. The molecular weight excluding hydrogens is 262 g/mol. The summed E-state index contributed by atoms with van der Waals surface area (Å²) in [5.41, 5.74) is 5.88. The molecule has 0 radical (unpaired) electrons. The second-order valence-corrected chi connectivity index (χ2v) is 4.48. The molecule has 2 heterocycles. The first-order valence-corrected chi connectivity index (χ1v) is 6.41. The number of nitrogens with one attached hydrogen (secondary N) is 1. The average Bonchev–Trinajstić information content (AvgIpc) is 3.09. The Morgan fingerprint density at radius 2 is 2.11 bits per heavy atom. The van der Waals surface area contributed by atoms with E-state index in [9.17, 15) is 4.79 Å². The number of para-hydroxylation sites is 1. The van der Waals surface area contributed by atoms with Crippen LogP contribution in [0.4, 0.5) is 5.13 Å². The first-order valence-electron chi connectivity index (χ1n) is 5.60. The Hall–Kier alpha value is -2.18. The molecule has 0 aliphatic rings. The minimum absolute atomic E-state index is 0.210. The zero-order valence-electron chi connectivity index (χ0n) is 10.3. The van der Waals surface area contributed by atoms with Crippen LogP contribution in [0.2, 0.25) is 0 Å². The molecule has 3 aromatic rings. The van der Waals surface area contributed by atoms with Crippen molar-refractivity contribution in [3.8, 4) is 0 Å². The first kappa shape index (κ1) is 13.3. The van der Waals surface area contributed by atoms with Crippen LogP contribution >= 0.6 is 11.3 Å². The minimum atomic E-state index is -0.210. The number of benzene rings is 1. The molecule has 6 heteroatoms. The number of fused-ring (bicyclic) bond motifs is 1. The molecule has 98 valence electrons. The summed E-state index contributed by atoms with van der Waals surface area (Å²) in [5, 5.41) is 3.34. The second kappa shape index (κ2) is 6.12. The largest absolute Gasteiger partial charge is 0.472 e. The molecule has 0 unspecified atom stereocenters. The quantitative estimate of drug-likeness (QED) is 0.753. The summed E-state index contributed by atoms with van der Waals surface area (Å²) < 4.78 is 5.91. The van der Waals surface area contributed by atoms with E-state index >= 15 is 0 Å². The Kier molecular flexibility index (Phi) is 4.27. The van der Waals surface area contributed by atoms with Gasteiger partial charge in [-0.25, -0.2) is 4.98 Å². The van der Waals surface area contributed by atoms with Crippen molar-refractivity contribution in [2.45, 2.75) is 0 Å². The maximum atomic E-state index is 11.7. The molecule has 0 spiro atoms. The van der Waals surface area contributed by atoms with Gasteiger partial charge in [-0.15, -0.1) is 0 Å². The molecule has 1 amide bonds. The van der Waals surface area contributed by atoms with Gasteiger partial charge in [0.1, 0.15) is 6.26 Å². The van der Waals surface area contributed by atoms with Crippen LogP contribution in [0.15, 0.2) is 47.3 Å². The fourth-order valence-corrected chi connectivity index (χ4v) is 2.35. The van der Waals surface area contributed by atoms with E-state index in [-0.39, 0.29) is 5.91 Å². The smallest absolute Gasteiger partial charge is 0.260 e. The summed E-state index contributed by atoms with van der Waals surface area (Å²) in [5.74, 6) is -0.210. The molecule has 1 aromatic carbocycles. The van der Waals surface area contributed by atoms with Crippen molar-refractivity contribution in [3.63, 3.8) is 0 Å². The van der Waals surface area contributed by atoms with Crippen LogP contribution < -0.4 is 11.1 Å². The van der Waals surface area contributed by atoms with Gasteiger partial charge in [0.2, 0.25) is 0 Å². The Balaban J connectivity index is 0.000000637. The fraction of sp³-hybridized carbons (Fsp3) is 0.0769. The number of furan rings is 1. The van der Waals surface area contributed by atoms with E-state index in [1.165, 1.54) is 30.9 Å². The summed E-state index contributed by atoms with van der Waals surface area (Å²) in [4.78, 5) is 16.1. The number of amides is 1. The van der Waals surface area contributed by atoms with Gasteiger partial charge in [-0.2, -0.15) is 0 Å². The highest BCUT2D eigenvalue weighted by Gasteiger charge is 2.10. The zero-order valence-corrected chi connectivity index (χ0v) is 11.1. The molecule has 0 atom stereocenters. The Labute approximate surface area is 114 Å². The minimum Gasteiger partial charge on any atom is -0.472 e. The van der Waals surface area contributed by atoms with Crippen LogP contribution in [0.3, 0.4) is 0 Å². The molecule has 3 rings (SSSR count). The van der Waals surface area contributed by atoms with E-state index in [0.717, 1.165) is 10.2 Å². The highest BCUT2D eigenvalue weighted by Crippen LogP contribution is 2.25. The molecule has 0 fully saturated rings. The van der Waals surface area contributed by atoms with Gasteiger partial charge in [0, 0.05) is 0 Å². The summed E-state index contributed by atoms with van der Waals surface area (Å²) in [6.45, 7) is 0. The van der Waals surface area contributed by atoms with E-state index < -0.39 is 0 Å². The maximum absolute atomic E-state index is 11.7. The number of hydrogen-bond donors (Lipinski definition) is 2. The molecule has 0 saturated heterocycles. The zero-order chi connectivity index (χ0) is 13.7. The van der Waals surface area contributed by atoms with Crippen molar-refractivity contribution in [2.75, 3.05) is 12.4 Å². The van der Waals surface area contributed by atoms with Crippen molar-refractivity contribution >= 4 is 32.6 Å². The molecule has 3 N–H and O–H groups in total. The molecule has 5 nitrogen and oxygen atoms in total. The summed E-state index contributed by atoms with van der Waals surface area (Å²) >= 11 is 1.45. The molecule has 0 aliphatic carbocycles. The number of aromatic nitrogens is 1. The number of hydrogen-bond acceptors (Lipinski definition) is 5. The van der Waals surface area contributed by atoms with E-state index in [2.05, 4.69) is 16.0 Å². The van der Waals surface area contributed by atoms with Crippen molar-refractivity contribution in [1.82, 2.24) is 4.98 Å². The van der Waals surface area contributed by atoms with Gasteiger partial charge >= 0.3 is 0 Å². The number of carbonyl (C=O) groups excluding carboxylic acids is 1. The molecule has 2 aromatic heterocycles. The van der Waals surface area contributed by atoms with Crippen molar-refractivity contribution in [2.24, 2.45) is 5.73 Å². The number of anilines is 1. The van der Waals surface area contributed by atoms with Crippen LogP contribution in [0.1, 0.15) is 10.4 Å². The lowest BCUT2D eigenvalue weighted by molar-refractivity contribution is 0.102. The fourth-order valence-electron chi connectivity index (χ4n) is 1.49. The van der Waals surface area contributed by atoms with Crippen LogP contribution in [-0.2, 0) is 0 Å². The standard InChI is InChI=1S/C12H8N2O2S.CH5N/c15-11(8-5-6-16-7-8)14-12-13-9-3-1-2-4-10(9)17-12;1-2/h1-7H,(H,13,14,15);2H2,1H3. The van der Waals surface area contributed by atoms with Crippen LogP contribution in [0.5, 0.6) is 0 Å². The van der Waals surface area contributed by atoms with Gasteiger partial charge in [0.15, 0.2) is 5.13 Å². The second-order valence-electron chi connectivity index (χ2n) is 3.45. The number of nitrogens with two attached hydrogens (primary N) is 1. The van der Waals surface area contributed by atoms with Gasteiger partial charge in [0.05, 0.1) is 22.0 Å². The van der Waals surface area contributed by atoms with E-state index in [4.69, 9.17) is 4.42 Å². The molecular formula is C13H13N3O2S. The maximum Gasteiger partial charge on any atom is 0.260 e. The summed E-state index contributed by atoms with van der Waals surface area (Å²) in [6.07, 6.45) is 2.87. The van der Waals surface area contributed by atoms with Crippen LogP contribution in [0, 0.1) is 0 Å². The monoisotopic (exact) mass is 275 g/mol. The Morgan fingerprint density at radius 3 is 2.79 bits per heavy atom. The highest BCUT2D eigenvalue weighted by molar-refractivity contribution is 7.22. The number of nitrogens with zero attached hydrogens (tertiary/aromatic N) is 1. The molecule has 19 heavy (non-hydrogen) atoms. The van der Waals surface area contributed by atoms with Crippen molar-refractivity contribution in [1.29, 1.82) is 0 Å². The highest BCUT2D eigenvalue weighted by atomic mass is 32.1. The third kappa shape index (κ3) is 2.98. The van der Waals surface area contributed by atoms with E-state index in [1.807, 2.05) is 24.3 Å². The van der Waals surface area contributed by atoms with Gasteiger partial charge in [-0.1, -0.05) is 23.5 Å². The predicted molar refractivity (Wildman–Crippen MR) is 76.4 cm³/mol. The normalized spacial score (nSPS) is 9.79. The Morgan fingerprint density at radius 1 is 1.32 bits per heavy atom. The lowest BCUT2D eigenvalue weighted by Crippen LogP contribution is -2.10. The number of rotatable bonds is 2. The van der Waals surface area contributed by atoms with Gasteiger partial charge in [-0.3, -0.25) is 10.1 Å². The molecule has 0 bridgehead atoms. The predicted octanol–water partition coefficient (Wildman–Crippen LogP) is 2.72. The van der Waals surface area contributed by atoms with Crippen molar-refractivity contribution in [3.05, 3.63) is 48.4 Å². The number of thiazole rings is 1. The third-order valence-electron chi connectivity index (χ3n) is 2.30. The SMILES string of the molecule is CN.O=C(Nc1nc2ccccc2s1)c1ccoc1. The van der Waals surface area contributed by atoms with Crippen LogP contribution in [-0.4, -0.2) is 17.9 Å². The van der Waals surface area contributed by atoms with E-state index in [0.29, 0.717) is 10.7 Å². The Bertz CT molecular complexity index is 628. The topological polar surface area (TPSA) is 81.2 Å². The number of carbonyl (C=O) groups is 1. The summed E-state index contributed by atoms with van der Waals surface area (Å²) in [7, 11) is 1.50. The summed E-state index contributed by atoms with van der Waals surface area (Å²) in [6, 6.07) is 9.37. The lowest BCUT2D eigenvalue weighted by Gasteiger charge is -1.96. The van der Waals surface area contributed by atoms with Gasteiger partial charge < -0.3 is 10.2 Å². The molecule has 0 aliphatic heterocycles. The van der Waals surface area contributed by atoms with Crippen molar-refractivity contribution < 1.29 is 9.21 Å². The lowest BCUT2D eigenvalue weighted by atomic mass is 10.3. The van der Waals surface area contributed by atoms with Gasteiger partial charge in [0.25, 0.3) is 5.91 Å². The van der Waals surface area contributed by atoms with Gasteiger partial charge in [-0.05, 0) is 25.2 Å². The third-order valence-corrected chi connectivity index (χ3v) is 3.25. The first-order chi connectivity index (χ1) is 9.33. The average molecular weight is 275 g/mol.